The summed E-state index contributed by atoms with van der Waals surface area (Å²) in [4.78, 5) is 4.00. The van der Waals surface area contributed by atoms with E-state index in [9.17, 15) is 4.39 Å². The molecule has 16 heavy (non-hydrogen) atoms. The molecule has 0 spiro atoms. The first kappa shape index (κ1) is 12.5. The van der Waals surface area contributed by atoms with Crippen LogP contribution in [0.15, 0.2) is 29.3 Å². The summed E-state index contributed by atoms with van der Waals surface area (Å²) in [6.07, 6.45) is 1.43. The molecule has 3 nitrogen and oxygen atoms in total. The molecule has 1 aromatic rings. The number of anilines is 1. The Morgan fingerprint density at radius 2 is 2.06 bits per heavy atom. The quantitative estimate of drug-likeness (QED) is 0.457. The highest BCUT2D eigenvalue weighted by Crippen LogP contribution is 2.09. The van der Waals surface area contributed by atoms with E-state index in [1.54, 1.807) is 0 Å². The van der Waals surface area contributed by atoms with Gasteiger partial charge in [0.1, 0.15) is 0 Å². The molecule has 0 unspecified atom stereocenters. The molecule has 0 fully saturated rings. The maximum atomic E-state index is 11.8. The van der Waals surface area contributed by atoms with Gasteiger partial charge in [0.15, 0.2) is 5.96 Å². The van der Waals surface area contributed by atoms with E-state index in [-0.39, 0.29) is 6.67 Å². The first-order valence-corrected chi connectivity index (χ1v) is 5.48. The topological polar surface area (TPSA) is 50.4 Å². The van der Waals surface area contributed by atoms with Gasteiger partial charge in [-0.25, -0.2) is 0 Å². The Kier molecular flexibility index (Phi) is 5.32. The highest BCUT2D eigenvalue weighted by Gasteiger charge is 1.95. The molecule has 0 radical (unpaired) electrons. The van der Waals surface area contributed by atoms with Gasteiger partial charge in [-0.1, -0.05) is 19.1 Å². The summed E-state index contributed by atoms with van der Waals surface area (Å²) >= 11 is 0. The molecular weight excluding hydrogens is 205 g/mol. The summed E-state index contributed by atoms with van der Waals surface area (Å²) in [6.45, 7) is 2.17. The van der Waals surface area contributed by atoms with Crippen molar-refractivity contribution in [1.29, 1.82) is 0 Å². The summed E-state index contributed by atoms with van der Waals surface area (Å²) in [6, 6.07) is 7.99. The fourth-order valence-corrected chi connectivity index (χ4v) is 1.27. The fourth-order valence-electron chi connectivity index (χ4n) is 1.27. The van der Waals surface area contributed by atoms with Gasteiger partial charge in [0, 0.05) is 12.2 Å². The molecule has 0 aromatic heterocycles. The third-order valence-electron chi connectivity index (χ3n) is 2.21. The molecule has 4 heteroatoms. The summed E-state index contributed by atoms with van der Waals surface area (Å²) in [5.74, 6) is 0.331. The lowest BCUT2D eigenvalue weighted by Crippen LogP contribution is -2.22. The molecule has 0 saturated heterocycles. The number of nitrogens with zero attached hydrogens (tertiary/aromatic N) is 1. The lowest BCUT2D eigenvalue weighted by Gasteiger charge is -2.06. The molecule has 88 valence electrons. The molecule has 0 saturated carbocycles. The van der Waals surface area contributed by atoms with Crippen LogP contribution < -0.4 is 11.1 Å². The maximum Gasteiger partial charge on any atom is 0.193 e. The highest BCUT2D eigenvalue weighted by atomic mass is 19.1. The molecule has 1 aromatic carbocycles. The number of halogens is 1. The second-order valence-electron chi connectivity index (χ2n) is 3.48. The minimum absolute atomic E-state index is 0.331. The van der Waals surface area contributed by atoms with E-state index in [1.165, 1.54) is 5.56 Å². The average Bonchev–Trinajstić information content (AvgIpc) is 2.30. The predicted octanol–water partition coefficient (Wildman–Crippen LogP) is 2.34. The van der Waals surface area contributed by atoms with Crippen LogP contribution in [0.25, 0.3) is 0 Å². The van der Waals surface area contributed by atoms with E-state index < -0.39 is 0 Å². The zero-order valence-electron chi connectivity index (χ0n) is 9.54. The van der Waals surface area contributed by atoms with Crippen molar-refractivity contribution in [2.75, 3.05) is 18.5 Å². The van der Waals surface area contributed by atoms with Crippen LogP contribution in [0.1, 0.15) is 18.9 Å². The van der Waals surface area contributed by atoms with Crippen LogP contribution in [0.3, 0.4) is 0 Å². The second-order valence-corrected chi connectivity index (χ2v) is 3.48. The van der Waals surface area contributed by atoms with E-state index in [1.807, 2.05) is 24.3 Å². The van der Waals surface area contributed by atoms with E-state index in [0.29, 0.717) is 18.9 Å². The molecular formula is C12H18FN3. The number of benzene rings is 1. The summed E-state index contributed by atoms with van der Waals surface area (Å²) in [7, 11) is 0. The van der Waals surface area contributed by atoms with Crippen molar-refractivity contribution in [3.8, 4) is 0 Å². The number of nitrogens with one attached hydrogen (secondary N) is 1. The van der Waals surface area contributed by atoms with Crippen LogP contribution >= 0.6 is 0 Å². The van der Waals surface area contributed by atoms with Crippen molar-refractivity contribution >= 4 is 11.6 Å². The SMILES string of the molecule is CCc1ccc(NC(N)=NCCCF)cc1. The van der Waals surface area contributed by atoms with E-state index >= 15 is 0 Å². The number of alkyl halides is 1. The van der Waals surface area contributed by atoms with Crippen LogP contribution in [0, 0.1) is 0 Å². The normalized spacial score (nSPS) is 11.5. The lowest BCUT2D eigenvalue weighted by molar-refractivity contribution is 0.477. The van der Waals surface area contributed by atoms with Gasteiger partial charge in [-0.15, -0.1) is 0 Å². The Bertz CT molecular complexity index is 333. The summed E-state index contributed by atoms with van der Waals surface area (Å²) in [5, 5.41) is 2.96. The van der Waals surface area contributed by atoms with Crippen molar-refractivity contribution in [2.24, 2.45) is 10.7 Å². The smallest absolute Gasteiger partial charge is 0.193 e. The zero-order chi connectivity index (χ0) is 11.8. The molecule has 0 aliphatic heterocycles. The van der Waals surface area contributed by atoms with Crippen LogP contribution in [0.4, 0.5) is 10.1 Å². The van der Waals surface area contributed by atoms with Crippen LogP contribution in [-0.2, 0) is 6.42 Å². The average molecular weight is 223 g/mol. The number of aryl methyl sites for hydroxylation is 1. The van der Waals surface area contributed by atoms with Gasteiger partial charge in [0.05, 0.1) is 6.67 Å². The van der Waals surface area contributed by atoms with Crippen molar-refractivity contribution in [3.05, 3.63) is 29.8 Å². The third kappa shape index (κ3) is 4.29. The maximum absolute atomic E-state index is 11.8. The Labute approximate surface area is 95.6 Å². The minimum Gasteiger partial charge on any atom is -0.370 e. The molecule has 3 N–H and O–H groups in total. The first-order valence-electron chi connectivity index (χ1n) is 5.48. The van der Waals surface area contributed by atoms with Gasteiger partial charge in [-0.05, 0) is 30.5 Å². The van der Waals surface area contributed by atoms with Crippen molar-refractivity contribution in [3.63, 3.8) is 0 Å². The number of nitrogens with two attached hydrogens (primary N) is 1. The van der Waals surface area contributed by atoms with Gasteiger partial charge in [-0.2, -0.15) is 0 Å². The van der Waals surface area contributed by atoms with Crippen molar-refractivity contribution in [2.45, 2.75) is 19.8 Å². The van der Waals surface area contributed by atoms with E-state index in [2.05, 4.69) is 17.2 Å². The van der Waals surface area contributed by atoms with Gasteiger partial charge in [0.2, 0.25) is 0 Å². The van der Waals surface area contributed by atoms with Crippen LogP contribution in [0.2, 0.25) is 0 Å². The monoisotopic (exact) mass is 223 g/mol. The lowest BCUT2D eigenvalue weighted by atomic mass is 10.1. The first-order chi connectivity index (χ1) is 7.76. The highest BCUT2D eigenvalue weighted by molar-refractivity contribution is 5.92. The van der Waals surface area contributed by atoms with Gasteiger partial charge in [-0.3, -0.25) is 9.38 Å². The van der Waals surface area contributed by atoms with Crippen LogP contribution in [-0.4, -0.2) is 19.2 Å². The summed E-state index contributed by atoms with van der Waals surface area (Å²) in [5.41, 5.74) is 7.81. The molecule has 0 aliphatic carbocycles. The standard InChI is InChI=1S/C12H18FN3/c1-2-10-4-6-11(7-5-10)16-12(14)15-9-3-8-13/h4-7H,2-3,8-9H2,1H3,(H3,14,15,16). The Morgan fingerprint density at radius 3 is 2.62 bits per heavy atom. The Hall–Kier alpha value is -1.58. The second kappa shape index (κ2) is 6.82. The fraction of sp³-hybridized carbons (Fsp3) is 0.417. The van der Waals surface area contributed by atoms with E-state index in [4.69, 9.17) is 5.73 Å². The Balaban J connectivity index is 2.49. The summed E-state index contributed by atoms with van der Waals surface area (Å²) < 4.78 is 11.8. The number of hydrogen-bond donors (Lipinski definition) is 2. The zero-order valence-corrected chi connectivity index (χ0v) is 9.54. The minimum atomic E-state index is -0.359. The number of guanidine groups is 1. The van der Waals surface area contributed by atoms with Gasteiger partial charge >= 0.3 is 0 Å². The molecule has 0 bridgehead atoms. The van der Waals surface area contributed by atoms with Gasteiger partial charge < -0.3 is 11.1 Å². The largest absolute Gasteiger partial charge is 0.370 e. The van der Waals surface area contributed by atoms with Crippen molar-refractivity contribution < 1.29 is 4.39 Å². The Morgan fingerprint density at radius 1 is 1.38 bits per heavy atom. The van der Waals surface area contributed by atoms with Crippen LogP contribution in [0.5, 0.6) is 0 Å². The molecule has 0 aliphatic rings. The molecule has 0 heterocycles. The number of hydrogen-bond acceptors (Lipinski definition) is 1. The molecule has 0 amide bonds. The van der Waals surface area contributed by atoms with Crippen molar-refractivity contribution in [1.82, 2.24) is 0 Å². The predicted molar refractivity (Wildman–Crippen MR) is 66.5 cm³/mol. The van der Waals surface area contributed by atoms with Gasteiger partial charge in [0.25, 0.3) is 0 Å². The molecule has 0 atom stereocenters. The third-order valence-corrected chi connectivity index (χ3v) is 2.21. The van der Waals surface area contributed by atoms with E-state index in [0.717, 1.165) is 12.1 Å². The number of aliphatic imine (C=N–C) groups is 1. The molecule has 1 rings (SSSR count). The number of rotatable bonds is 5.